The molecule has 2 amide bonds. The summed E-state index contributed by atoms with van der Waals surface area (Å²) in [5, 5.41) is 5.60. The molecule has 204 valence electrons. The first-order valence-corrected chi connectivity index (χ1v) is 15.3. The van der Waals surface area contributed by atoms with Gasteiger partial charge in [0.05, 0.1) is 12.6 Å². The molecule has 1 aromatic carbocycles. The first-order valence-electron chi connectivity index (χ1n) is 13.0. The van der Waals surface area contributed by atoms with E-state index in [0.29, 0.717) is 30.7 Å². The number of Topliss-reactive ketones (excluding diaryl/α,β-unsaturated/α-hetero) is 1. The summed E-state index contributed by atoms with van der Waals surface area (Å²) in [5.41, 5.74) is 0.440. The molecule has 0 spiro atoms. The van der Waals surface area contributed by atoms with Gasteiger partial charge in [-0.05, 0) is 61.6 Å². The van der Waals surface area contributed by atoms with E-state index in [1.807, 2.05) is 0 Å². The van der Waals surface area contributed by atoms with E-state index >= 15 is 0 Å². The lowest BCUT2D eigenvalue weighted by atomic mass is 9.84. The van der Waals surface area contributed by atoms with Crippen molar-refractivity contribution in [3.05, 3.63) is 58.7 Å². The molecule has 1 unspecified atom stereocenters. The molecular weight excluding hydrogens is 572 g/mol. The van der Waals surface area contributed by atoms with E-state index in [2.05, 4.69) is 31.5 Å². The van der Waals surface area contributed by atoms with Crippen molar-refractivity contribution in [1.82, 2.24) is 19.9 Å². The fourth-order valence-corrected chi connectivity index (χ4v) is 6.73. The summed E-state index contributed by atoms with van der Waals surface area (Å²) >= 11 is 3.36. The van der Waals surface area contributed by atoms with Gasteiger partial charge in [-0.1, -0.05) is 54.1 Å². The van der Waals surface area contributed by atoms with Gasteiger partial charge in [-0.15, -0.1) is 0 Å². The maximum absolute atomic E-state index is 13.4. The first kappa shape index (κ1) is 28.4. The molecule has 2 aromatic rings. The van der Waals surface area contributed by atoms with Crippen molar-refractivity contribution in [3.63, 3.8) is 0 Å². The maximum Gasteiger partial charge on any atom is 0.260 e. The van der Waals surface area contributed by atoms with Crippen LogP contribution in [0.1, 0.15) is 61.7 Å². The molecule has 1 saturated heterocycles. The zero-order chi connectivity index (χ0) is 27.1. The SMILES string of the molecule is O=C(N[C@@H](CC1CCCCC1)C(=O)NC1CCCN(S(=O)(=O)c2ccccn2)CC1=O)c1ccc(Br)cc1. The van der Waals surface area contributed by atoms with Gasteiger partial charge in [0.15, 0.2) is 10.8 Å². The summed E-state index contributed by atoms with van der Waals surface area (Å²) in [6.07, 6.45) is 7.98. The Labute approximate surface area is 232 Å². The van der Waals surface area contributed by atoms with Gasteiger partial charge in [-0.3, -0.25) is 14.4 Å². The standard InChI is InChI=1S/C27H33BrN4O5S/c28-21-13-11-20(12-14-21)26(34)31-23(17-19-7-2-1-3-8-19)27(35)30-22-9-6-16-32(18-24(22)33)38(36,37)25-10-4-5-15-29-25/h4-5,10-15,19,22-23H,1-3,6-9,16-18H2,(H,30,35)(H,31,34)/t22?,23-/m0/s1. The van der Waals surface area contributed by atoms with Gasteiger partial charge in [-0.25, -0.2) is 13.4 Å². The maximum atomic E-state index is 13.4. The Morgan fingerprint density at radius 3 is 2.45 bits per heavy atom. The molecule has 1 saturated carbocycles. The molecule has 0 bridgehead atoms. The minimum absolute atomic E-state index is 0.113. The molecule has 2 fully saturated rings. The zero-order valence-electron chi connectivity index (χ0n) is 21.1. The molecule has 9 nitrogen and oxygen atoms in total. The van der Waals surface area contributed by atoms with E-state index in [1.165, 1.54) is 18.7 Å². The number of amides is 2. The van der Waals surface area contributed by atoms with E-state index in [9.17, 15) is 22.8 Å². The number of benzene rings is 1. The van der Waals surface area contributed by atoms with Gasteiger partial charge < -0.3 is 10.6 Å². The number of rotatable bonds is 8. The molecule has 0 radical (unpaired) electrons. The number of pyridine rings is 1. The van der Waals surface area contributed by atoms with E-state index < -0.39 is 28.0 Å². The fourth-order valence-electron chi connectivity index (χ4n) is 5.09. The Morgan fingerprint density at radius 1 is 1.03 bits per heavy atom. The van der Waals surface area contributed by atoms with Crippen LogP contribution in [-0.2, 0) is 19.6 Å². The Kier molecular flexibility index (Phi) is 9.67. The third kappa shape index (κ3) is 7.27. The number of halogens is 1. The van der Waals surface area contributed by atoms with Crippen LogP contribution in [0.3, 0.4) is 0 Å². The lowest BCUT2D eigenvalue weighted by Crippen LogP contribution is -2.53. The molecule has 1 aliphatic heterocycles. The second-order valence-corrected chi connectivity index (χ2v) is 12.7. The third-order valence-electron chi connectivity index (χ3n) is 7.20. The van der Waals surface area contributed by atoms with Crippen molar-refractivity contribution < 1.29 is 22.8 Å². The highest BCUT2D eigenvalue weighted by molar-refractivity contribution is 9.10. The smallest absolute Gasteiger partial charge is 0.260 e. The monoisotopic (exact) mass is 604 g/mol. The van der Waals surface area contributed by atoms with Crippen molar-refractivity contribution in [1.29, 1.82) is 0 Å². The van der Waals surface area contributed by atoms with Crippen LogP contribution in [0.15, 0.2) is 58.2 Å². The van der Waals surface area contributed by atoms with E-state index in [-0.39, 0.29) is 29.8 Å². The van der Waals surface area contributed by atoms with Crippen LogP contribution in [-0.4, -0.2) is 60.5 Å². The summed E-state index contributed by atoms with van der Waals surface area (Å²) in [5.74, 6) is -0.840. The molecule has 2 aliphatic rings. The molecular formula is C27H33BrN4O5S. The summed E-state index contributed by atoms with van der Waals surface area (Å²) in [6.45, 7) is -0.189. The molecule has 2 N–H and O–H groups in total. The second-order valence-electron chi connectivity index (χ2n) is 9.95. The van der Waals surface area contributed by atoms with E-state index in [0.717, 1.165) is 34.5 Å². The van der Waals surface area contributed by atoms with Crippen LogP contribution < -0.4 is 10.6 Å². The fraction of sp³-hybridized carbons (Fsp3) is 0.481. The largest absolute Gasteiger partial charge is 0.344 e. The predicted octanol–water partition coefficient (Wildman–Crippen LogP) is 3.45. The van der Waals surface area contributed by atoms with Crippen LogP contribution >= 0.6 is 15.9 Å². The van der Waals surface area contributed by atoms with Gasteiger partial charge in [-0.2, -0.15) is 4.31 Å². The first-order chi connectivity index (χ1) is 18.2. The number of carbonyl (C=O) groups is 3. The number of hydrogen-bond donors (Lipinski definition) is 2. The van der Waals surface area contributed by atoms with Crippen molar-refractivity contribution in [2.75, 3.05) is 13.1 Å². The van der Waals surface area contributed by atoms with E-state index in [4.69, 9.17) is 0 Å². The molecule has 1 aromatic heterocycles. The van der Waals surface area contributed by atoms with Crippen LogP contribution in [0.25, 0.3) is 0 Å². The Morgan fingerprint density at radius 2 is 1.76 bits per heavy atom. The van der Waals surface area contributed by atoms with Crippen molar-refractivity contribution in [2.45, 2.75) is 68.5 Å². The Hall–Kier alpha value is -2.63. The molecule has 1 aliphatic carbocycles. The lowest BCUT2D eigenvalue weighted by molar-refractivity contribution is -0.129. The topological polar surface area (TPSA) is 126 Å². The Balaban J connectivity index is 1.45. The highest BCUT2D eigenvalue weighted by Crippen LogP contribution is 2.28. The number of sulfonamides is 1. The van der Waals surface area contributed by atoms with Gasteiger partial charge in [0, 0.05) is 22.8 Å². The minimum atomic E-state index is -3.93. The van der Waals surface area contributed by atoms with Gasteiger partial charge in [0.25, 0.3) is 15.9 Å². The molecule has 2 atom stereocenters. The zero-order valence-corrected chi connectivity index (χ0v) is 23.5. The molecule has 2 heterocycles. The lowest BCUT2D eigenvalue weighted by Gasteiger charge is -2.28. The van der Waals surface area contributed by atoms with Gasteiger partial charge in [0.2, 0.25) is 5.91 Å². The average Bonchev–Trinajstić information content (AvgIpc) is 3.11. The highest BCUT2D eigenvalue weighted by Gasteiger charge is 2.35. The Bertz CT molecular complexity index is 1230. The highest BCUT2D eigenvalue weighted by atomic mass is 79.9. The average molecular weight is 606 g/mol. The van der Waals surface area contributed by atoms with Gasteiger partial charge in [0.1, 0.15) is 6.04 Å². The summed E-state index contributed by atoms with van der Waals surface area (Å²) < 4.78 is 28.0. The summed E-state index contributed by atoms with van der Waals surface area (Å²) in [6, 6.07) is 9.87. The van der Waals surface area contributed by atoms with Crippen LogP contribution in [0.2, 0.25) is 0 Å². The summed E-state index contributed by atoms with van der Waals surface area (Å²) in [4.78, 5) is 43.4. The molecule has 4 rings (SSSR count). The van der Waals surface area contributed by atoms with Crippen LogP contribution in [0.4, 0.5) is 0 Å². The van der Waals surface area contributed by atoms with Gasteiger partial charge >= 0.3 is 0 Å². The van der Waals surface area contributed by atoms with E-state index in [1.54, 1.807) is 36.4 Å². The number of ketones is 1. The number of carbonyl (C=O) groups excluding carboxylic acids is 3. The van der Waals surface area contributed by atoms with Crippen molar-refractivity contribution in [2.24, 2.45) is 5.92 Å². The number of nitrogens with one attached hydrogen (secondary N) is 2. The third-order valence-corrected chi connectivity index (χ3v) is 9.49. The molecule has 11 heteroatoms. The van der Waals surface area contributed by atoms with Crippen LogP contribution in [0.5, 0.6) is 0 Å². The number of hydrogen-bond acceptors (Lipinski definition) is 6. The normalized spacial score (nSPS) is 20.3. The summed E-state index contributed by atoms with van der Waals surface area (Å²) in [7, 11) is -3.93. The quantitative estimate of drug-likeness (QED) is 0.475. The molecule has 38 heavy (non-hydrogen) atoms. The number of aromatic nitrogens is 1. The second kappa shape index (κ2) is 12.9. The predicted molar refractivity (Wildman–Crippen MR) is 146 cm³/mol. The van der Waals surface area contributed by atoms with Crippen molar-refractivity contribution >= 4 is 43.6 Å². The van der Waals surface area contributed by atoms with Crippen molar-refractivity contribution in [3.8, 4) is 0 Å². The number of nitrogens with zero attached hydrogens (tertiary/aromatic N) is 2. The van der Waals surface area contributed by atoms with Crippen LogP contribution in [0, 0.1) is 5.92 Å². The minimum Gasteiger partial charge on any atom is -0.344 e.